The van der Waals surface area contributed by atoms with Gasteiger partial charge in [-0.25, -0.2) is 0 Å². The maximum absolute atomic E-state index is 11.8. The average molecular weight is 357 g/mol. The van der Waals surface area contributed by atoms with Crippen molar-refractivity contribution in [2.45, 2.75) is 99.3 Å². The lowest BCUT2D eigenvalue weighted by atomic mass is 9.88. The van der Waals surface area contributed by atoms with E-state index in [0.29, 0.717) is 19.6 Å². The second kappa shape index (κ2) is 12.3. The van der Waals surface area contributed by atoms with E-state index >= 15 is 0 Å². The first-order valence-electron chi connectivity index (χ1n) is 9.93. The number of hydrogen-bond donors (Lipinski definition) is 0. The fourth-order valence-electron chi connectivity index (χ4n) is 2.53. The van der Waals surface area contributed by atoms with Crippen LogP contribution in [0.4, 0.5) is 0 Å². The zero-order valence-electron chi connectivity index (χ0n) is 17.4. The highest BCUT2D eigenvalue weighted by molar-refractivity contribution is 5.72. The predicted molar refractivity (Wildman–Crippen MR) is 102 cm³/mol. The number of esters is 2. The molecule has 0 heterocycles. The lowest BCUT2D eigenvalue weighted by Crippen LogP contribution is -2.23. The number of hydrogen-bond acceptors (Lipinski definition) is 4. The van der Waals surface area contributed by atoms with Crippen LogP contribution in [-0.2, 0) is 19.1 Å². The van der Waals surface area contributed by atoms with Crippen molar-refractivity contribution in [1.29, 1.82) is 0 Å². The zero-order valence-corrected chi connectivity index (χ0v) is 17.4. The maximum Gasteiger partial charge on any atom is 0.305 e. The van der Waals surface area contributed by atoms with Crippen LogP contribution in [0.15, 0.2) is 0 Å². The maximum atomic E-state index is 11.8. The van der Waals surface area contributed by atoms with Crippen molar-refractivity contribution in [3.63, 3.8) is 0 Å². The summed E-state index contributed by atoms with van der Waals surface area (Å²) in [5, 5.41) is 0. The van der Waals surface area contributed by atoms with Gasteiger partial charge in [-0.2, -0.15) is 0 Å². The first kappa shape index (κ1) is 23.9. The molecule has 0 saturated carbocycles. The molecule has 0 aromatic heterocycles. The molecule has 0 rings (SSSR count). The summed E-state index contributed by atoms with van der Waals surface area (Å²) in [6.07, 6.45) is 7.73. The van der Waals surface area contributed by atoms with E-state index in [-0.39, 0.29) is 35.6 Å². The monoisotopic (exact) mass is 356 g/mol. The average Bonchev–Trinajstić information content (AvgIpc) is 2.55. The summed E-state index contributed by atoms with van der Waals surface area (Å²) >= 11 is 0. The van der Waals surface area contributed by atoms with Crippen LogP contribution in [0.2, 0.25) is 0 Å². The minimum atomic E-state index is -0.222. The highest BCUT2D eigenvalue weighted by atomic mass is 16.5. The fourth-order valence-corrected chi connectivity index (χ4v) is 2.53. The topological polar surface area (TPSA) is 52.6 Å². The second-order valence-corrected chi connectivity index (χ2v) is 8.71. The Morgan fingerprint density at radius 3 is 1.36 bits per heavy atom. The normalized spacial score (nSPS) is 12.1. The van der Waals surface area contributed by atoms with Crippen molar-refractivity contribution < 1.29 is 19.1 Å². The second-order valence-electron chi connectivity index (χ2n) is 8.71. The summed E-state index contributed by atoms with van der Waals surface area (Å²) in [5.41, 5.74) is 0.0450. The van der Waals surface area contributed by atoms with E-state index in [4.69, 9.17) is 9.47 Å². The molecule has 0 amide bonds. The quantitative estimate of drug-likeness (QED) is 0.376. The Kier molecular flexibility index (Phi) is 11.8. The smallest absolute Gasteiger partial charge is 0.305 e. The lowest BCUT2D eigenvalue weighted by molar-refractivity contribution is -0.148. The number of unbranched alkanes of at least 4 members (excludes halogenated alkanes) is 2. The van der Waals surface area contributed by atoms with Gasteiger partial charge in [-0.3, -0.25) is 9.59 Å². The Bertz CT molecular complexity index is 349. The molecule has 0 unspecified atom stereocenters. The van der Waals surface area contributed by atoms with E-state index < -0.39 is 0 Å². The Labute approximate surface area is 155 Å². The molecule has 0 aliphatic rings. The van der Waals surface area contributed by atoms with Gasteiger partial charge < -0.3 is 9.47 Å². The van der Waals surface area contributed by atoms with Gasteiger partial charge in [0.15, 0.2) is 0 Å². The molecule has 0 aromatic rings. The summed E-state index contributed by atoms with van der Waals surface area (Å²) < 4.78 is 10.7. The molecule has 0 saturated heterocycles. The molecule has 0 spiro atoms. The van der Waals surface area contributed by atoms with Gasteiger partial charge in [-0.1, -0.05) is 67.2 Å². The number of carbonyl (C=O) groups is 2. The molecule has 0 atom stereocenters. The Morgan fingerprint density at radius 2 is 1.04 bits per heavy atom. The highest BCUT2D eigenvalue weighted by Crippen LogP contribution is 2.24. The van der Waals surface area contributed by atoms with Crippen molar-refractivity contribution >= 4 is 11.9 Å². The molecule has 0 bridgehead atoms. The third-order valence-corrected chi connectivity index (χ3v) is 4.42. The van der Waals surface area contributed by atoms with E-state index in [1.807, 2.05) is 0 Å². The van der Waals surface area contributed by atoms with Crippen molar-refractivity contribution in [3.8, 4) is 0 Å². The van der Waals surface area contributed by atoms with Crippen LogP contribution in [0.25, 0.3) is 0 Å². The van der Waals surface area contributed by atoms with Crippen LogP contribution >= 0.6 is 0 Å². The van der Waals surface area contributed by atoms with E-state index in [2.05, 4.69) is 41.5 Å². The van der Waals surface area contributed by atoms with Crippen LogP contribution < -0.4 is 0 Å². The van der Waals surface area contributed by atoms with Crippen LogP contribution in [0.5, 0.6) is 0 Å². The summed E-state index contributed by atoms with van der Waals surface area (Å²) in [5.74, 6) is -0.443. The summed E-state index contributed by atoms with van der Waals surface area (Å²) in [4.78, 5) is 23.6. The van der Waals surface area contributed by atoms with Crippen molar-refractivity contribution in [1.82, 2.24) is 0 Å². The first-order chi connectivity index (χ1) is 11.6. The largest absolute Gasteiger partial charge is 0.465 e. The molecule has 0 fully saturated rings. The third-order valence-electron chi connectivity index (χ3n) is 4.42. The first-order valence-corrected chi connectivity index (χ1v) is 9.93. The van der Waals surface area contributed by atoms with E-state index in [1.165, 1.54) is 0 Å². The standard InChI is InChI=1S/C21H40O4/c1-7-9-14-20(3,4)16-24-18(22)12-11-13-19(23)25-17-21(5,6)15-10-8-2/h7-17H2,1-6H3. The van der Waals surface area contributed by atoms with Gasteiger partial charge in [-0.05, 0) is 30.1 Å². The number of carbonyl (C=O) groups excluding carboxylic acids is 2. The van der Waals surface area contributed by atoms with E-state index in [0.717, 1.165) is 38.5 Å². The number of ether oxygens (including phenoxy) is 2. The SMILES string of the molecule is CCCCC(C)(C)COC(=O)CCCC(=O)OCC(C)(C)CCCC. The molecule has 0 N–H and O–H groups in total. The van der Waals surface area contributed by atoms with Gasteiger partial charge in [0.05, 0.1) is 13.2 Å². The van der Waals surface area contributed by atoms with Crippen molar-refractivity contribution in [2.75, 3.05) is 13.2 Å². The van der Waals surface area contributed by atoms with E-state index in [9.17, 15) is 9.59 Å². The number of rotatable bonds is 14. The van der Waals surface area contributed by atoms with E-state index in [1.54, 1.807) is 0 Å². The van der Waals surface area contributed by atoms with Gasteiger partial charge in [0.2, 0.25) is 0 Å². The molecule has 25 heavy (non-hydrogen) atoms. The highest BCUT2D eigenvalue weighted by Gasteiger charge is 2.21. The van der Waals surface area contributed by atoms with Crippen LogP contribution in [0, 0.1) is 10.8 Å². The van der Waals surface area contributed by atoms with Crippen LogP contribution in [0.1, 0.15) is 99.3 Å². The zero-order chi connectivity index (χ0) is 19.3. The molecule has 4 nitrogen and oxygen atoms in total. The van der Waals surface area contributed by atoms with Gasteiger partial charge in [-0.15, -0.1) is 0 Å². The van der Waals surface area contributed by atoms with Crippen molar-refractivity contribution in [3.05, 3.63) is 0 Å². The Morgan fingerprint density at radius 1 is 0.680 bits per heavy atom. The minimum Gasteiger partial charge on any atom is -0.465 e. The summed E-state index contributed by atoms with van der Waals surface area (Å²) in [6, 6.07) is 0. The third kappa shape index (κ3) is 13.9. The fraction of sp³-hybridized carbons (Fsp3) is 0.905. The van der Waals surface area contributed by atoms with Crippen LogP contribution in [0.3, 0.4) is 0 Å². The van der Waals surface area contributed by atoms with Gasteiger partial charge in [0, 0.05) is 12.8 Å². The van der Waals surface area contributed by atoms with Gasteiger partial charge in [0.25, 0.3) is 0 Å². The molecule has 0 aromatic carbocycles. The summed E-state index contributed by atoms with van der Waals surface area (Å²) in [7, 11) is 0. The predicted octanol–water partition coefficient (Wildman–Crippen LogP) is 5.68. The molecular formula is C21H40O4. The summed E-state index contributed by atoms with van der Waals surface area (Å²) in [6.45, 7) is 13.7. The van der Waals surface area contributed by atoms with Crippen LogP contribution in [-0.4, -0.2) is 25.2 Å². The minimum absolute atomic E-state index is 0.0225. The molecule has 0 radical (unpaired) electrons. The Hall–Kier alpha value is -1.06. The van der Waals surface area contributed by atoms with Crippen molar-refractivity contribution in [2.24, 2.45) is 10.8 Å². The van der Waals surface area contributed by atoms with Gasteiger partial charge >= 0.3 is 11.9 Å². The molecule has 0 aliphatic carbocycles. The molecule has 148 valence electrons. The molecular weight excluding hydrogens is 316 g/mol. The molecule has 4 heteroatoms. The Balaban J connectivity index is 3.88. The molecule has 0 aliphatic heterocycles. The lowest BCUT2D eigenvalue weighted by Gasteiger charge is -2.24. The van der Waals surface area contributed by atoms with Gasteiger partial charge in [0.1, 0.15) is 0 Å².